The van der Waals surface area contributed by atoms with Gasteiger partial charge in [0, 0.05) is 12.6 Å². The number of hydrogen-bond donors (Lipinski definition) is 1. The molecule has 1 aliphatic carbocycles. The van der Waals surface area contributed by atoms with E-state index in [9.17, 15) is 18.0 Å². The van der Waals surface area contributed by atoms with Gasteiger partial charge in [0.25, 0.3) is 0 Å². The molecule has 7 nitrogen and oxygen atoms in total. The number of benzene rings is 2. The molecule has 1 aliphatic rings. The summed E-state index contributed by atoms with van der Waals surface area (Å²) in [5, 5.41) is 3.75. The minimum absolute atomic E-state index is 0.0650. The zero-order valence-corrected chi connectivity index (χ0v) is 25.0. The van der Waals surface area contributed by atoms with Crippen LogP contribution in [0, 0.1) is 0 Å². The molecule has 0 saturated heterocycles. The van der Waals surface area contributed by atoms with Crippen LogP contribution in [0.4, 0.5) is 5.69 Å². The normalized spacial score (nSPS) is 15.2. The zero-order chi connectivity index (χ0) is 28.3. The molecule has 1 unspecified atom stereocenters. The summed E-state index contributed by atoms with van der Waals surface area (Å²) in [6.07, 6.45) is 5.00. The van der Waals surface area contributed by atoms with Crippen LogP contribution in [0.3, 0.4) is 0 Å². The summed E-state index contributed by atoms with van der Waals surface area (Å²) in [5.74, 6) is -0.777. The fraction of sp³-hybridized carbons (Fsp3) is 0.500. The van der Waals surface area contributed by atoms with Gasteiger partial charge in [-0.2, -0.15) is 0 Å². The van der Waals surface area contributed by atoms with Crippen LogP contribution >= 0.6 is 23.2 Å². The summed E-state index contributed by atoms with van der Waals surface area (Å²) in [7, 11) is -3.80. The lowest BCUT2D eigenvalue weighted by molar-refractivity contribution is -0.139. The van der Waals surface area contributed by atoms with E-state index in [0.717, 1.165) is 41.8 Å². The maximum atomic E-state index is 13.7. The highest BCUT2D eigenvalue weighted by atomic mass is 35.5. The maximum absolute atomic E-state index is 13.7. The lowest BCUT2D eigenvalue weighted by atomic mass is 9.87. The van der Waals surface area contributed by atoms with Crippen LogP contribution in [0.1, 0.15) is 64.5 Å². The monoisotopic (exact) mass is 581 g/mol. The van der Waals surface area contributed by atoms with E-state index in [1.807, 2.05) is 12.1 Å². The number of halogens is 2. The molecule has 2 aromatic carbocycles. The number of anilines is 1. The van der Waals surface area contributed by atoms with E-state index in [2.05, 4.69) is 26.1 Å². The molecule has 2 amide bonds. The largest absolute Gasteiger partial charge is 0.352 e. The van der Waals surface area contributed by atoms with Gasteiger partial charge in [0.05, 0.1) is 22.0 Å². The number of nitrogens with one attached hydrogen (secondary N) is 1. The fourth-order valence-electron chi connectivity index (χ4n) is 4.55. The molecule has 0 heterocycles. The number of sulfonamides is 1. The van der Waals surface area contributed by atoms with Gasteiger partial charge >= 0.3 is 0 Å². The second-order valence-electron chi connectivity index (χ2n) is 11.0. The summed E-state index contributed by atoms with van der Waals surface area (Å²) in [4.78, 5) is 28.3. The van der Waals surface area contributed by atoms with Crippen molar-refractivity contribution in [3.05, 3.63) is 63.6 Å². The van der Waals surface area contributed by atoms with Gasteiger partial charge in [-0.05, 0) is 60.6 Å². The Balaban J connectivity index is 1.90. The first kappa shape index (κ1) is 30.3. The van der Waals surface area contributed by atoms with Gasteiger partial charge in [-0.15, -0.1) is 0 Å². The smallest absolute Gasteiger partial charge is 0.244 e. The van der Waals surface area contributed by atoms with Gasteiger partial charge in [0.15, 0.2) is 0 Å². The van der Waals surface area contributed by atoms with E-state index in [1.165, 1.54) is 4.90 Å². The van der Waals surface area contributed by atoms with Crippen molar-refractivity contribution in [3.8, 4) is 0 Å². The molecule has 10 heteroatoms. The highest BCUT2D eigenvalue weighted by Gasteiger charge is 2.31. The molecule has 0 bridgehead atoms. The van der Waals surface area contributed by atoms with Crippen molar-refractivity contribution in [2.24, 2.45) is 0 Å². The molecule has 2 aromatic rings. The van der Waals surface area contributed by atoms with Crippen molar-refractivity contribution >= 4 is 50.7 Å². The van der Waals surface area contributed by atoms with Crippen molar-refractivity contribution < 1.29 is 18.0 Å². The van der Waals surface area contributed by atoms with Gasteiger partial charge < -0.3 is 10.2 Å². The Labute approximate surface area is 236 Å². The highest BCUT2D eigenvalue weighted by molar-refractivity contribution is 7.92. The molecule has 0 aromatic heterocycles. The summed E-state index contributed by atoms with van der Waals surface area (Å²) < 4.78 is 26.7. The zero-order valence-electron chi connectivity index (χ0n) is 22.6. The molecule has 1 atom stereocenters. The number of rotatable bonds is 9. The number of hydrogen-bond acceptors (Lipinski definition) is 4. The Morgan fingerprint density at radius 3 is 2.16 bits per heavy atom. The predicted molar refractivity (Wildman–Crippen MR) is 154 cm³/mol. The van der Waals surface area contributed by atoms with Crippen molar-refractivity contribution in [2.75, 3.05) is 17.1 Å². The second-order valence-corrected chi connectivity index (χ2v) is 13.7. The van der Waals surface area contributed by atoms with Gasteiger partial charge in [-0.1, -0.05) is 75.0 Å². The third-order valence-corrected chi connectivity index (χ3v) is 8.79. The number of carbonyl (C=O) groups is 2. The molecule has 38 heavy (non-hydrogen) atoms. The SMILES string of the molecule is CC(C(=O)NC1CCCC1)N(Cc1ccc(Cl)c(Cl)c1)C(=O)CN(c1ccc(C(C)(C)C)cc1)S(C)(=O)=O. The van der Waals surface area contributed by atoms with Gasteiger partial charge in [-0.3, -0.25) is 13.9 Å². The lowest BCUT2D eigenvalue weighted by Crippen LogP contribution is -2.52. The molecule has 3 rings (SSSR count). The van der Waals surface area contributed by atoms with Gasteiger partial charge in [0.2, 0.25) is 21.8 Å². The summed E-state index contributed by atoms with van der Waals surface area (Å²) >= 11 is 12.3. The Bertz CT molecular complexity index is 1250. The number of carbonyl (C=O) groups excluding carboxylic acids is 2. The summed E-state index contributed by atoms with van der Waals surface area (Å²) in [5.41, 5.74) is 1.99. The fourth-order valence-corrected chi connectivity index (χ4v) is 5.72. The molecule has 0 aliphatic heterocycles. The third kappa shape index (κ3) is 7.87. The predicted octanol–water partition coefficient (Wildman–Crippen LogP) is 5.53. The Morgan fingerprint density at radius 2 is 1.63 bits per heavy atom. The Kier molecular flexibility index (Phi) is 9.76. The third-order valence-electron chi connectivity index (χ3n) is 6.91. The van der Waals surface area contributed by atoms with Crippen molar-refractivity contribution in [1.29, 1.82) is 0 Å². The van der Waals surface area contributed by atoms with Crippen LogP contribution in [0.25, 0.3) is 0 Å². The van der Waals surface area contributed by atoms with E-state index in [1.54, 1.807) is 37.3 Å². The molecular weight excluding hydrogens is 545 g/mol. The molecule has 0 spiro atoms. The molecule has 1 fully saturated rings. The first-order valence-corrected chi connectivity index (χ1v) is 15.4. The minimum atomic E-state index is -3.80. The van der Waals surface area contributed by atoms with E-state index in [4.69, 9.17) is 23.2 Å². The van der Waals surface area contributed by atoms with Crippen LogP contribution in [0.15, 0.2) is 42.5 Å². The second kappa shape index (κ2) is 12.3. The van der Waals surface area contributed by atoms with Gasteiger partial charge in [-0.25, -0.2) is 8.42 Å². The van der Waals surface area contributed by atoms with E-state index in [-0.39, 0.29) is 23.9 Å². The highest BCUT2D eigenvalue weighted by Crippen LogP contribution is 2.27. The van der Waals surface area contributed by atoms with Crippen molar-refractivity contribution in [1.82, 2.24) is 10.2 Å². The molecule has 0 radical (unpaired) electrons. The van der Waals surface area contributed by atoms with Crippen LogP contribution < -0.4 is 9.62 Å². The lowest BCUT2D eigenvalue weighted by Gasteiger charge is -2.32. The van der Waals surface area contributed by atoms with Crippen molar-refractivity contribution in [2.45, 2.75) is 77.4 Å². The van der Waals surface area contributed by atoms with E-state index in [0.29, 0.717) is 21.3 Å². The first-order chi connectivity index (χ1) is 17.7. The first-order valence-electron chi connectivity index (χ1n) is 12.8. The Morgan fingerprint density at radius 1 is 1.03 bits per heavy atom. The summed E-state index contributed by atoms with van der Waals surface area (Å²) in [6, 6.07) is 11.4. The molecular formula is C28H37Cl2N3O4S. The van der Waals surface area contributed by atoms with Crippen molar-refractivity contribution in [3.63, 3.8) is 0 Å². The summed E-state index contributed by atoms with van der Waals surface area (Å²) in [6.45, 7) is 7.48. The average molecular weight is 583 g/mol. The molecule has 1 N–H and O–H groups in total. The van der Waals surface area contributed by atoms with Gasteiger partial charge in [0.1, 0.15) is 12.6 Å². The number of amides is 2. The van der Waals surface area contributed by atoms with E-state index < -0.39 is 28.5 Å². The Hall–Kier alpha value is -2.29. The van der Waals surface area contributed by atoms with Crippen LogP contribution in [0.5, 0.6) is 0 Å². The molecule has 208 valence electrons. The van der Waals surface area contributed by atoms with E-state index >= 15 is 0 Å². The van der Waals surface area contributed by atoms with Crippen LogP contribution in [-0.4, -0.2) is 50.0 Å². The number of nitrogens with zero attached hydrogens (tertiary/aromatic N) is 2. The van der Waals surface area contributed by atoms with Crippen LogP contribution in [0.2, 0.25) is 10.0 Å². The topological polar surface area (TPSA) is 86.8 Å². The quantitative estimate of drug-likeness (QED) is 0.421. The standard InChI is InChI=1S/C28H37Cl2N3O4S/c1-19(27(35)31-22-8-6-7-9-22)32(17-20-10-15-24(29)25(30)16-20)26(34)18-33(38(5,36)37)23-13-11-21(12-14-23)28(2,3)4/h10-16,19,22H,6-9,17-18H2,1-5H3,(H,31,35). The maximum Gasteiger partial charge on any atom is 0.244 e. The molecule has 1 saturated carbocycles. The van der Waals surface area contributed by atoms with Crippen LogP contribution in [-0.2, 0) is 31.6 Å². The average Bonchev–Trinajstić information content (AvgIpc) is 3.34. The minimum Gasteiger partial charge on any atom is -0.352 e.